The van der Waals surface area contributed by atoms with Gasteiger partial charge < -0.3 is 4.57 Å². The minimum atomic E-state index is -4.39. The van der Waals surface area contributed by atoms with E-state index in [4.69, 9.17) is 23.2 Å². The van der Waals surface area contributed by atoms with E-state index in [0.29, 0.717) is 10.7 Å². The summed E-state index contributed by atoms with van der Waals surface area (Å²) in [5, 5.41) is 0.507. The highest BCUT2D eigenvalue weighted by Gasteiger charge is 2.30. The Labute approximate surface area is 105 Å². The summed E-state index contributed by atoms with van der Waals surface area (Å²) in [5.41, 5.74) is -0.323. The highest BCUT2D eigenvalue weighted by atomic mass is 35.5. The highest BCUT2D eigenvalue weighted by Crippen LogP contribution is 2.33. The number of benzene rings is 1. The molecule has 1 aromatic carbocycles. The van der Waals surface area contributed by atoms with E-state index in [1.54, 1.807) is 23.0 Å². The zero-order valence-electron chi connectivity index (χ0n) is 8.30. The van der Waals surface area contributed by atoms with Crippen molar-refractivity contribution in [3.63, 3.8) is 0 Å². The number of hydrogen-bond acceptors (Lipinski definition) is 0. The van der Waals surface area contributed by atoms with Gasteiger partial charge in [-0.05, 0) is 24.3 Å². The van der Waals surface area contributed by atoms with Crippen molar-refractivity contribution in [2.45, 2.75) is 6.18 Å². The predicted molar refractivity (Wildman–Crippen MR) is 60.8 cm³/mol. The number of rotatable bonds is 1. The van der Waals surface area contributed by atoms with E-state index < -0.39 is 11.7 Å². The second kappa shape index (κ2) is 4.27. The maximum absolute atomic E-state index is 12.4. The van der Waals surface area contributed by atoms with E-state index in [1.165, 1.54) is 6.07 Å². The molecule has 0 aliphatic rings. The van der Waals surface area contributed by atoms with Crippen LogP contribution in [0.1, 0.15) is 5.56 Å². The van der Waals surface area contributed by atoms with Gasteiger partial charge in [0.2, 0.25) is 0 Å². The van der Waals surface area contributed by atoms with Crippen molar-refractivity contribution in [1.82, 2.24) is 4.57 Å². The minimum absolute atomic E-state index is 0.0205. The first-order chi connectivity index (χ1) is 7.88. The molecule has 0 saturated carbocycles. The summed E-state index contributed by atoms with van der Waals surface area (Å²) in [5.74, 6) is 0. The average Bonchev–Trinajstić information content (AvgIpc) is 2.63. The number of halogens is 5. The normalized spacial score (nSPS) is 11.8. The third-order valence-electron chi connectivity index (χ3n) is 2.21. The van der Waals surface area contributed by atoms with Gasteiger partial charge in [0.25, 0.3) is 0 Å². The summed E-state index contributed by atoms with van der Waals surface area (Å²) in [6.07, 6.45) is -1.21. The first kappa shape index (κ1) is 12.3. The second-order valence-electron chi connectivity index (χ2n) is 3.40. The Morgan fingerprint density at radius 2 is 1.76 bits per heavy atom. The van der Waals surface area contributed by atoms with Crippen LogP contribution in [0.15, 0.2) is 36.7 Å². The van der Waals surface area contributed by atoms with Crippen LogP contribution in [0.3, 0.4) is 0 Å². The van der Waals surface area contributed by atoms with Crippen LogP contribution in [-0.4, -0.2) is 4.57 Å². The van der Waals surface area contributed by atoms with E-state index in [9.17, 15) is 13.2 Å². The zero-order chi connectivity index (χ0) is 12.6. The lowest BCUT2D eigenvalue weighted by Crippen LogP contribution is -2.05. The fourth-order valence-electron chi connectivity index (χ4n) is 1.41. The van der Waals surface area contributed by atoms with Crippen LogP contribution in [0, 0.1) is 0 Å². The van der Waals surface area contributed by atoms with Gasteiger partial charge in [-0.25, -0.2) is 0 Å². The van der Waals surface area contributed by atoms with Crippen LogP contribution >= 0.6 is 23.2 Å². The minimum Gasteiger partial charge on any atom is -0.321 e. The summed E-state index contributed by atoms with van der Waals surface area (Å²) in [6, 6.07) is 4.80. The zero-order valence-corrected chi connectivity index (χ0v) is 9.81. The summed E-state index contributed by atoms with van der Waals surface area (Å²) in [4.78, 5) is 0. The molecule has 0 aliphatic carbocycles. The number of aromatic nitrogens is 1. The molecule has 0 atom stereocenters. The topological polar surface area (TPSA) is 4.93 Å². The van der Waals surface area contributed by atoms with E-state index in [-0.39, 0.29) is 5.02 Å². The van der Waals surface area contributed by atoms with Crippen LogP contribution in [0.2, 0.25) is 10.0 Å². The molecule has 1 aromatic heterocycles. The highest BCUT2D eigenvalue weighted by molar-refractivity contribution is 6.32. The molecule has 1 heterocycles. The molecule has 0 unspecified atom stereocenters. The molecule has 17 heavy (non-hydrogen) atoms. The molecule has 0 N–H and O–H groups in total. The largest absolute Gasteiger partial charge is 0.416 e. The summed E-state index contributed by atoms with van der Waals surface area (Å²) >= 11 is 11.5. The van der Waals surface area contributed by atoms with E-state index in [0.717, 1.165) is 12.1 Å². The third-order valence-corrected chi connectivity index (χ3v) is 2.74. The molecule has 0 amide bonds. The lowest BCUT2D eigenvalue weighted by molar-refractivity contribution is -0.137. The van der Waals surface area contributed by atoms with Crippen molar-refractivity contribution in [3.8, 4) is 5.69 Å². The predicted octanol–water partition coefficient (Wildman–Crippen LogP) is 4.80. The molecular formula is C11H6Cl2F3N. The van der Waals surface area contributed by atoms with Crippen LogP contribution in [-0.2, 0) is 6.18 Å². The van der Waals surface area contributed by atoms with Crippen molar-refractivity contribution in [2.24, 2.45) is 0 Å². The summed E-state index contributed by atoms with van der Waals surface area (Å²) in [7, 11) is 0. The smallest absolute Gasteiger partial charge is 0.321 e. The van der Waals surface area contributed by atoms with Crippen molar-refractivity contribution in [3.05, 3.63) is 52.3 Å². The van der Waals surface area contributed by atoms with Crippen molar-refractivity contribution >= 4 is 23.2 Å². The monoisotopic (exact) mass is 279 g/mol. The molecule has 2 rings (SSSR count). The second-order valence-corrected chi connectivity index (χ2v) is 4.24. The molecule has 0 bridgehead atoms. The van der Waals surface area contributed by atoms with Gasteiger partial charge in [0.05, 0.1) is 21.3 Å². The van der Waals surface area contributed by atoms with E-state index >= 15 is 0 Å². The number of alkyl halides is 3. The Balaban J connectivity index is 2.45. The van der Waals surface area contributed by atoms with Gasteiger partial charge in [-0.1, -0.05) is 23.2 Å². The molecule has 6 heteroatoms. The SMILES string of the molecule is FC(F)(F)c1ccc(-n2ccc(Cl)c2)c(Cl)c1. The van der Waals surface area contributed by atoms with E-state index in [2.05, 4.69) is 0 Å². The molecule has 1 nitrogen and oxygen atoms in total. The number of hydrogen-bond donors (Lipinski definition) is 0. The van der Waals surface area contributed by atoms with Gasteiger partial charge in [-0.15, -0.1) is 0 Å². The Morgan fingerprint density at radius 1 is 1.06 bits per heavy atom. The Kier molecular flexibility index (Phi) is 3.10. The molecular weight excluding hydrogens is 274 g/mol. The van der Waals surface area contributed by atoms with Gasteiger partial charge in [-0.2, -0.15) is 13.2 Å². The standard InChI is InChI=1S/C11H6Cl2F3N/c12-8-3-4-17(6-8)10-2-1-7(5-9(10)13)11(14,15)16/h1-6H. The summed E-state index contributed by atoms with van der Waals surface area (Å²) in [6.45, 7) is 0. The Bertz CT molecular complexity index is 546. The first-order valence-corrected chi connectivity index (χ1v) is 5.34. The third kappa shape index (κ3) is 2.58. The summed E-state index contributed by atoms with van der Waals surface area (Å²) < 4.78 is 38.8. The quantitative estimate of drug-likeness (QED) is 0.706. The molecule has 0 saturated heterocycles. The van der Waals surface area contributed by atoms with Crippen LogP contribution in [0.4, 0.5) is 13.2 Å². The Morgan fingerprint density at radius 3 is 2.24 bits per heavy atom. The van der Waals surface area contributed by atoms with Crippen molar-refractivity contribution in [1.29, 1.82) is 0 Å². The van der Waals surface area contributed by atoms with Crippen LogP contribution < -0.4 is 0 Å². The van der Waals surface area contributed by atoms with E-state index in [1.807, 2.05) is 0 Å². The average molecular weight is 280 g/mol. The van der Waals surface area contributed by atoms with Crippen molar-refractivity contribution in [2.75, 3.05) is 0 Å². The fraction of sp³-hybridized carbons (Fsp3) is 0.0909. The fourth-order valence-corrected chi connectivity index (χ4v) is 1.85. The lowest BCUT2D eigenvalue weighted by Gasteiger charge is -2.10. The van der Waals surface area contributed by atoms with Gasteiger partial charge in [0.15, 0.2) is 0 Å². The van der Waals surface area contributed by atoms with Crippen LogP contribution in [0.25, 0.3) is 5.69 Å². The van der Waals surface area contributed by atoms with Crippen molar-refractivity contribution < 1.29 is 13.2 Å². The molecule has 0 radical (unpaired) electrons. The maximum atomic E-state index is 12.4. The lowest BCUT2D eigenvalue weighted by atomic mass is 10.2. The first-order valence-electron chi connectivity index (χ1n) is 4.58. The maximum Gasteiger partial charge on any atom is 0.416 e. The number of nitrogens with zero attached hydrogens (tertiary/aromatic N) is 1. The molecule has 0 spiro atoms. The Hall–Kier alpha value is -1.13. The molecule has 0 fully saturated rings. The molecule has 90 valence electrons. The molecule has 0 aliphatic heterocycles. The van der Waals surface area contributed by atoms with Gasteiger partial charge in [-0.3, -0.25) is 0 Å². The van der Waals surface area contributed by atoms with Gasteiger partial charge >= 0.3 is 6.18 Å². The van der Waals surface area contributed by atoms with Crippen LogP contribution in [0.5, 0.6) is 0 Å². The molecule has 2 aromatic rings. The van der Waals surface area contributed by atoms with Gasteiger partial charge in [0, 0.05) is 12.4 Å². The van der Waals surface area contributed by atoms with Gasteiger partial charge in [0.1, 0.15) is 0 Å².